The molecule has 1 heterocycles. The fourth-order valence-corrected chi connectivity index (χ4v) is 1.78. The fourth-order valence-electron chi connectivity index (χ4n) is 1.78. The van der Waals surface area contributed by atoms with Crippen molar-refractivity contribution in [3.05, 3.63) is 12.2 Å². The van der Waals surface area contributed by atoms with Crippen LogP contribution in [0.25, 0.3) is 0 Å². The number of hydrogen-bond acceptors (Lipinski definition) is 2. The Kier molecular flexibility index (Phi) is 3.96. The highest BCUT2D eigenvalue weighted by Crippen LogP contribution is 2.19. The first-order chi connectivity index (χ1) is 6.18. The lowest BCUT2D eigenvalue weighted by Gasteiger charge is -2.07. The second-order valence-electron chi connectivity index (χ2n) is 3.73. The summed E-state index contributed by atoms with van der Waals surface area (Å²) in [5.74, 6) is -0.0769. The molecule has 74 valence electrons. The molecule has 0 radical (unpaired) electrons. The average Bonchev–Trinajstić information content (AvgIpc) is 2.45. The third-order valence-corrected chi connectivity index (χ3v) is 2.49. The molecular formula is C10H17NO2. The van der Waals surface area contributed by atoms with Crippen LogP contribution in [-0.4, -0.2) is 36.1 Å². The molecule has 1 aliphatic rings. The Labute approximate surface area is 79.0 Å². The Bertz CT molecular complexity index is 201. The zero-order chi connectivity index (χ0) is 9.68. The third kappa shape index (κ3) is 4.08. The van der Waals surface area contributed by atoms with Crippen LogP contribution in [0.4, 0.5) is 0 Å². The van der Waals surface area contributed by atoms with Gasteiger partial charge in [0.2, 0.25) is 0 Å². The van der Waals surface area contributed by atoms with Gasteiger partial charge in [0.25, 0.3) is 0 Å². The summed E-state index contributed by atoms with van der Waals surface area (Å²) in [6.45, 7) is 2.36. The predicted molar refractivity (Wildman–Crippen MR) is 51.6 cm³/mol. The molecule has 1 N–H and O–H groups in total. The lowest BCUT2D eigenvalue weighted by atomic mass is 10.0. The van der Waals surface area contributed by atoms with E-state index in [1.165, 1.54) is 25.6 Å². The Morgan fingerprint density at radius 1 is 1.69 bits per heavy atom. The molecule has 1 saturated heterocycles. The van der Waals surface area contributed by atoms with Crippen LogP contribution in [0.1, 0.15) is 19.3 Å². The minimum Gasteiger partial charge on any atom is -0.478 e. The molecule has 1 unspecified atom stereocenters. The summed E-state index contributed by atoms with van der Waals surface area (Å²) in [6.07, 6.45) is 6.26. The average molecular weight is 183 g/mol. The van der Waals surface area contributed by atoms with Crippen LogP contribution < -0.4 is 0 Å². The van der Waals surface area contributed by atoms with Crippen LogP contribution in [0, 0.1) is 5.92 Å². The van der Waals surface area contributed by atoms with Crippen LogP contribution in [-0.2, 0) is 4.79 Å². The first-order valence-electron chi connectivity index (χ1n) is 4.76. The van der Waals surface area contributed by atoms with E-state index in [0.29, 0.717) is 0 Å². The van der Waals surface area contributed by atoms with Crippen molar-refractivity contribution in [1.29, 1.82) is 0 Å². The van der Waals surface area contributed by atoms with Gasteiger partial charge < -0.3 is 10.0 Å². The molecule has 1 atom stereocenters. The maximum atomic E-state index is 10.2. The zero-order valence-corrected chi connectivity index (χ0v) is 8.07. The minimum absolute atomic E-state index is 0.767. The molecule has 0 aromatic rings. The third-order valence-electron chi connectivity index (χ3n) is 2.49. The van der Waals surface area contributed by atoms with Gasteiger partial charge >= 0.3 is 5.97 Å². The van der Waals surface area contributed by atoms with Crippen molar-refractivity contribution in [1.82, 2.24) is 4.90 Å². The molecule has 0 saturated carbocycles. The van der Waals surface area contributed by atoms with E-state index in [1.807, 2.05) is 0 Å². The highest BCUT2D eigenvalue weighted by atomic mass is 16.4. The molecule has 1 fully saturated rings. The maximum absolute atomic E-state index is 10.2. The first kappa shape index (κ1) is 10.3. The van der Waals surface area contributed by atoms with Gasteiger partial charge in [0.05, 0.1) is 0 Å². The van der Waals surface area contributed by atoms with Gasteiger partial charge in [-0.15, -0.1) is 0 Å². The number of carbonyl (C=O) groups is 1. The van der Waals surface area contributed by atoms with Crippen LogP contribution in [0.2, 0.25) is 0 Å². The Morgan fingerprint density at radius 3 is 3.00 bits per heavy atom. The van der Waals surface area contributed by atoms with Gasteiger partial charge in [-0.05, 0) is 38.8 Å². The van der Waals surface area contributed by atoms with Crippen LogP contribution in [0.15, 0.2) is 12.2 Å². The number of carboxylic acid groups (broad SMARTS) is 1. The summed E-state index contributed by atoms with van der Waals surface area (Å²) < 4.78 is 0. The molecule has 0 aliphatic carbocycles. The number of likely N-dealkylation sites (tertiary alicyclic amines) is 1. The Hall–Kier alpha value is -0.830. The summed E-state index contributed by atoms with van der Waals surface area (Å²) in [6, 6.07) is 0. The monoisotopic (exact) mass is 183 g/mol. The number of aliphatic carboxylic acids is 1. The molecule has 0 aromatic carbocycles. The molecular weight excluding hydrogens is 166 g/mol. The summed E-state index contributed by atoms with van der Waals surface area (Å²) in [5.41, 5.74) is 0. The number of rotatable bonds is 4. The molecule has 1 aliphatic heterocycles. The van der Waals surface area contributed by atoms with Gasteiger partial charge in [-0.1, -0.05) is 6.08 Å². The SMILES string of the molecule is CN1CCC(CC/C=C/C(=O)O)C1. The van der Waals surface area contributed by atoms with E-state index in [1.54, 1.807) is 6.08 Å². The number of nitrogens with zero attached hydrogens (tertiary/aromatic N) is 1. The van der Waals surface area contributed by atoms with Gasteiger partial charge in [0, 0.05) is 12.6 Å². The van der Waals surface area contributed by atoms with E-state index in [4.69, 9.17) is 5.11 Å². The molecule has 3 nitrogen and oxygen atoms in total. The van der Waals surface area contributed by atoms with E-state index in [2.05, 4.69) is 11.9 Å². The lowest BCUT2D eigenvalue weighted by molar-refractivity contribution is -0.131. The van der Waals surface area contributed by atoms with E-state index in [0.717, 1.165) is 18.8 Å². The van der Waals surface area contributed by atoms with Gasteiger partial charge in [-0.2, -0.15) is 0 Å². The van der Waals surface area contributed by atoms with Crippen molar-refractivity contribution in [2.45, 2.75) is 19.3 Å². The molecule has 1 rings (SSSR count). The number of hydrogen-bond donors (Lipinski definition) is 1. The zero-order valence-electron chi connectivity index (χ0n) is 8.07. The fraction of sp³-hybridized carbons (Fsp3) is 0.700. The van der Waals surface area contributed by atoms with Gasteiger partial charge in [0.1, 0.15) is 0 Å². The largest absolute Gasteiger partial charge is 0.478 e. The van der Waals surface area contributed by atoms with Gasteiger partial charge in [-0.25, -0.2) is 4.79 Å². The first-order valence-corrected chi connectivity index (χ1v) is 4.76. The summed E-state index contributed by atoms with van der Waals surface area (Å²) in [4.78, 5) is 12.5. The van der Waals surface area contributed by atoms with Gasteiger partial charge in [0.15, 0.2) is 0 Å². The van der Waals surface area contributed by atoms with E-state index in [9.17, 15) is 4.79 Å². The summed E-state index contributed by atoms with van der Waals surface area (Å²) in [5, 5.41) is 8.35. The Morgan fingerprint density at radius 2 is 2.46 bits per heavy atom. The molecule has 3 heteroatoms. The number of carboxylic acids is 1. The molecule has 0 aromatic heterocycles. The van der Waals surface area contributed by atoms with Crippen LogP contribution in [0.5, 0.6) is 0 Å². The quantitative estimate of drug-likeness (QED) is 0.669. The van der Waals surface area contributed by atoms with Crippen molar-refractivity contribution in [2.75, 3.05) is 20.1 Å². The van der Waals surface area contributed by atoms with E-state index < -0.39 is 5.97 Å². The lowest BCUT2D eigenvalue weighted by Crippen LogP contribution is -2.13. The molecule has 0 spiro atoms. The van der Waals surface area contributed by atoms with Crippen molar-refractivity contribution in [2.24, 2.45) is 5.92 Å². The highest BCUT2D eigenvalue weighted by Gasteiger charge is 2.17. The van der Waals surface area contributed by atoms with Crippen molar-refractivity contribution in [3.8, 4) is 0 Å². The highest BCUT2D eigenvalue weighted by molar-refractivity contribution is 5.79. The summed E-state index contributed by atoms with van der Waals surface area (Å²) >= 11 is 0. The van der Waals surface area contributed by atoms with Crippen molar-refractivity contribution in [3.63, 3.8) is 0 Å². The predicted octanol–water partition coefficient (Wildman–Crippen LogP) is 1.36. The van der Waals surface area contributed by atoms with Crippen molar-refractivity contribution < 1.29 is 9.90 Å². The van der Waals surface area contributed by atoms with Crippen molar-refractivity contribution >= 4 is 5.97 Å². The van der Waals surface area contributed by atoms with Gasteiger partial charge in [-0.3, -0.25) is 0 Å². The second-order valence-corrected chi connectivity index (χ2v) is 3.73. The maximum Gasteiger partial charge on any atom is 0.327 e. The van der Waals surface area contributed by atoms with E-state index >= 15 is 0 Å². The molecule has 13 heavy (non-hydrogen) atoms. The molecule has 0 amide bonds. The Balaban J connectivity index is 2.09. The smallest absolute Gasteiger partial charge is 0.327 e. The topological polar surface area (TPSA) is 40.5 Å². The van der Waals surface area contributed by atoms with Crippen LogP contribution in [0.3, 0.4) is 0 Å². The summed E-state index contributed by atoms with van der Waals surface area (Å²) in [7, 11) is 2.13. The standard InChI is InChI=1S/C10H17NO2/c1-11-7-6-9(8-11)4-2-3-5-10(12)13/h3,5,9H,2,4,6-8H2,1H3,(H,12,13)/b5-3+. The molecule has 0 bridgehead atoms. The normalized spacial score (nSPS) is 24.2. The number of allylic oxidation sites excluding steroid dienone is 1. The van der Waals surface area contributed by atoms with Crippen LogP contribution >= 0.6 is 0 Å². The minimum atomic E-state index is -0.844. The van der Waals surface area contributed by atoms with E-state index in [-0.39, 0.29) is 0 Å². The second kappa shape index (κ2) is 5.02.